The molecule has 0 saturated heterocycles. The van der Waals surface area contributed by atoms with E-state index in [0.717, 1.165) is 17.7 Å². The van der Waals surface area contributed by atoms with Crippen molar-refractivity contribution in [3.05, 3.63) is 65.2 Å². The monoisotopic (exact) mass is 298 g/mol. The molecule has 112 valence electrons. The molecule has 2 aromatic carbocycles. The summed E-state index contributed by atoms with van der Waals surface area (Å²) in [4.78, 5) is 0. The molecular weight excluding hydrogens is 284 g/mol. The van der Waals surface area contributed by atoms with Crippen molar-refractivity contribution in [2.45, 2.75) is 19.2 Å². The summed E-state index contributed by atoms with van der Waals surface area (Å²) in [5.74, 6) is 0.282. The second-order valence-electron chi connectivity index (χ2n) is 4.53. The summed E-state index contributed by atoms with van der Waals surface area (Å²) in [6.45, 7) is -0.505. The smallest absolute Gasteiger partial charge is 0.416 e. The highest BCUT2D eigenvalue weighted by atomic mass is 19.4. The first-order valence-corrected chi connectivity index (χ1v) is 6.43. The Kier molecular flexibility index (Phi) is 4.83. The second kappa shape index (κ2) is 6.61. The van der Waals surface area contributed by atoms with Gasteiger partial charge in [-0.2, -0.15) is 13.2 Å². The van der Waals surface area contributed by atoms with E-state index < -0.39 is 18.4 Å². The molecule has 0 radical (unpaired) electrons. The van der Waals surface area contributed by atoms with Crippen molar-refractivity contribution in [3.63, 3.8) is 0 Å². The van der Waals surface area contributed by atoms with E-state index in [4.69, 9.17) is 4.74 Å². The van der Waals surface area contributed by atoms with Crippen LogP contribution in [0.2, 0.25) is 0 Å². The summed E-state index contributed by atoms with van der Waals surface area (Å²) in [5.41, 5.74) is 0.324. The van der Waals surface area contributed by atoms with Crippen LogP contribution in [-0.2, 0) is 19.2 Å². The summed E-state index contributed by atoms with van der Waals surface area (Å²) in [5, 5.41) is 0. The van der Waals surface area contributed by atoms with Crippen LogP contribution in [0, 0.1) is 0 Å². The maximum Gasteiger partial charge on any atom is 0.416 e. The van der Waals surface area contributed by atoms with Crippen LogP contribution in [0.5, 0.6) is 5.75 Å². The molecule has 0 aromatic heterocycles. The van der Waals surface area contributed by atoms with Gasteiger partial charge in [0.25, 0.3) is 0 Å². The first kappa shape index (κ1) is 15.4. The third-order valence-corrected chi connectivity index (χ3v) is 2.99. The van der Waals surface area contributed by atoms with Crippen molar-refractivity contribution in [2.24, 2.45) is 0 Å². The lowest BCUT2D eigenvalue weighted by atomic mass is 10.1. The zero-order valence-electron chi connectivity index (χ0n) is 11.2. The van der Waals surface area contributed by atoms with Crippen LogP contribution in [0.1, 0.15) is 16.7 Å². The zero-order valence-corrected chi connectivity index (χ0v) is 11.2. The molecule has 0 saturated carbocycles. The number of hydrogen-bond donors (Lipinski definition) is 0. The molecule has 0 spiro atoms. The molecule has 0 aliphatic heterocycles. The van der Waals surface area contributed by atoms with Gasteiger partial charge in [-0.05, 0) is 29.3 Å². The Hall–Kier alpha value is -2.04. The van der Waals surface area contributed by atoms with Crippen molar-refractivity contribution >= 4 is 0 Å². The maximum atomic E-state index is 12.7. The summed E-state index contributed by atoms with van der Waals surface area (Å²) in [7, 11) is 0. The Balaban J connectivity index is 2.18. The number of rotatable bonds is 5. The van der Waals surface area contributed by atoms with Crippen LogP contribution in [-0.4, -0.2) is 6.67 Å². The average Bonchev–Trinajstić information content (AvgIpc) is 2.46. The highest BCUT2D eigenvalue weighted by Crippen LogP contribution is 2.33. The fraction of sp³-hybridized carbons (Fsp3) is 0.250. The van der Waals surface area contributed by atoms with Gasteiger partial charge < -0.3 is 4.74 Å². The molecule has 2 aromatic rings. The number of halogens is 4. The SMILES string of the molecule is FCCc1cc(C(F)(F)F)ccc1OCc1ccccc1. The summed E-state index contributed by atoms with van der Waals surface area (Å²) in [6, 6.07) is 12.4. The number of aryl methyl sites for hydroxylation is 1. The fourth-order valence-electron chi connectivity index (χ4n) is 1.93. The lowest BCUT2D eigenvalue weighted by Crippen LogP contribution is -2.07. The van der Waals surface area contributed by atoms with E-state index in [1.807, 2.05) is 30.3 Å². The minimum atomic E-state index is -4.44. The molecular formula is C16H14F4O. The minimum absolute atomic E-state index is 0.103. The first-order valence-electron chi connectivity index (χ1n) is 6.43. The van der Waals surface area contributed by atoms with Gasteiger partial charge in [0.05, 0.1) is 12.2 Å². The predicted octanol–water partition coefficient (Wildman–Crippen LogP) is 4.80. The molecule has 0 heterocycles. The van der Waals surface area contributed by atoms with Crippen molar-refractivity contribution in [3.8, 4) is 5.75 Å². The van der Waals surface area contributed by atoms with E-state index in [2.05, 4.69) is 0 Å². The Morgan fingerprint density at radius 1 is 0.952 bits per heavy atom. The number of ether oxygens (including phenoxy) is 1. The Labute approximate surface area is 120 Å². The van der Waals surface area contributed by atoms with E-state index in [9.17, 15) is 17.6 Å². The molecule has 0 fully saturated rings. The van der Waals surface area contributed by atoms with E-state index in [-0.39, 0.29) is 24.3 Å². The third-order valence-electron chi connectivity index (χ3n) is 2.99. The molecule has 0 bridgehead atoms. The quantitative estimate of drug-likeness (QED) is 0.721. The molecule has 2 rings (SSSR count). The van der Waals surface area contributed by atoms with Crippen molar-refractivity contribution in [2.75, 3.05) is 6.67 Å². The molecule has 0 aliphatic carbocycles. The van der Waals surface area contributed by atoms with Crippen molar-refractivity contribution in [1.29, 1.82) is 0 Å². The molecule has 0 unspecified atom stereocenters. The largest absolute Gasteiger partial charge is 0.489 e. The van der Waals surface area contributed by atoms with Gasteiger partial charge in [-0.15, -0.1) is 0 Å². The Bertz CT molecular complexity index is 579. The van der Waals surface area contributed by atoms with Gasteiger partial charge in [-0.25, -0.2) is 0 Å². The minimum Gasteiger partial charge on any atom is -0.489 e. The summed E-state index contributed by atoms with van der Waals surface area (Å²) < 4.78 is 56.0. The molecule has 0 N–H and O–H groups in total. The van der Waals surface area contributed by atoms with Crippen LogP contribution < -0.4 is 4.74 Å². The van der Waals surface area contributed by atoms with Crippen LogP contribution in [0.15, 0.2) is 48.5 Å². The topological polar surface area (TPSA) is 9.23 Å². The summed E-state index contributed by atoms with van der Waals surface area (Å²) >= 11 is 0. The van der Waals surface area contributed by atoms with Crippen LogP contribution in [0.4, 0.5) is 17.6 Å². The highest BCUT2D eigenvalue weighted by molar-refractivity contribution is 5.38. The number of benzene rings is 2. The third kappa shape index (κ3) is 4.21. The van der Waals surface area contributed by atoms with E-state index in [0.29, 0.717) is 0 Å². The lowest BCUT2D eigenvalue weighted by Gasteiger charge is -2.14. The van der Waals surface area contributed by atoms with E-state index >= 15 is 0 Å². The highest BCUT2D eigenvalue weighted by Gasteiger charge is 2.31. The van der Waals surface area contributed by atoms with Crippen LogP contribution in [0.3, 0.4) is 0 Å². The van der Waals surface area contributed by atoms with Gasteiger partial charge in [-0.1, -0.05) is 30.3 Å². The Morgan fingerprint density at radius 2 is 1.67 bits per heavy atom. The Morgan fingerprint density at radius 3 is 2.29 bits per heavy atom. The van der Waals surface area contributed by atoms with Crippen molar-refractivity contribution in [1.82, 2.24) is 0 Å². The first-order chi connectivity index (χ1) is 10.0. The average molecular weight is 298 g/mol. The molecule has 1 nitrogen and oxygen atoms in total. The second-order valence-corrected chi connectivity index (χ2v) is 4.53. The van der Waals surface area contributed by atoms with Crippen LogP contribution in [0.25, 0.3) is 0 Å². The fourth-order valence-corrected chi connectivity index (χ4v) is 1.93. The number of alkyl halides is 4. The van der Waals surface area contributed by atoms with Gasteiger partial charge in [-0.3, -0.25) is 4.39 Å². The molecule has 0 aliphatic rings. The van der Waals surface area contributed by atoms with Gasteiger partial charge in [0.15, 0.2) is 0 Å². The maximum absolute atomic E-state index is 12.7. The molecule has 0 atom stereocenters. The van der Waals surface area contributed by atoms with E-state index in [1.54, 1.807) is 0 Å². The van der Waals surface area contributed by atoms with Gasteiger partial charge in [0.1, 0.15) is 12.4 Å². The lowest BCUT2D eigenvalue weighted by molar-refractivity contribution is -0.137. The standard InChI is InChI=1S/C16H14F4O/c17-9-8-13-10-14(16(18,19)20)6-7-15(13)21-11-12-4-2-1-3-5-12/h1-7,10H,8-9,11H2. The molecule has 0 amide bonds. The predicted molar refractivity (Wildman–Crippen MR) is 71.9 cm³/mol. The normalized spacial score (nSPS) is 11.4. The summed E-state index contributed by atoms with van der Waals surface area (Å²) in [6.07, 6.45) is -4.54. The molecule has 21 heavy (non-hydrogen) atoms. The van der Waals surface area contributed by atoms with Gasteiger partial charge >= 0.3 is 6.18 Å². The van der Waals surface area contributed by atoms with Gasteiger partial charge in [0.2, 0.25) is 0 Å². The number of hydrogen-bond acceptors (Lipinski definition) is 1. The van der Waals surface area contributed by atoms with Crippen LogP contribution >= 0.6 is 0 Å². The van der Waals surface area contributed by atoms with Gasteiger partial charge in [0, 0.05) is 6.42 Å². The molecule has 5 heteroatoms. The zero-order chi connectivity index (χ0) is 15.3. The van der Waals surface area contributed by atoms with E-state index in [1.165, 1.54) is 6.07 Å². The van der Waals surface area contributed by atoms with Crippen molar-refractivity contribution < 1.29 is 22.3 Å².